The fourth-order valence-corrected chi connectivity index (χ4v) is 2.20. The Hall–Kier alpha value is -1.03. The second kappa shape index (κ2) is 4.87. The van der Waals surface area contributed by atoms with Gasteiger partial charge in [0, 0.05) is 17.6 Å². The number of urea groups is 1. The normalized spacial score (nSPS) is 18.1. The maximum Gasteiger partial charge on any atom is 0.317 e. The third-order valence-corrected chi connectivity index (χ3v) is 3.46. The highest BCUT2D eigenvalue weighted by Crippen LogP contribution is 2.23. The fourth-order valence-electron chi connectivity index (χ4n) is 1.94. The lowest BCUT2D eigenvalue weighted by molar-refractivity contribution is 0.166. The van der Waals surface area contributed by atoms with Crippen LogP contribution in [0.25, 0.3) is 0 Å². The zero-order valence-electron chi connectivity index (χ0n) is 9.24. The Labute approximate surface area is 104 Å². The van der Waals surface area contributed by atoms with E-state index in [1.165, 1.54) is 5.56 Å². The first kappa shape index (κ1) is 11.5. The molecule has 1 atom stereocenters. The van der Waals surface area contributed by atoms with Crippen LogP contribution in [0.4, 0.5) is 4.79 Å². The summed E-state index contributed by atoms with van der Waals surface area (Å²) in [5, 5.41) is 2.87. The first-order valence-corrected chi connectivity index (χ1v) is 6.28. The number of halogens is 1. The SMILES string of the molecule is C[C@@H](c1ccc(Br)cc1)N1CCCNC1=O. The summed E-state index contributed by atoms with van der Waals surface area (Å²) < 4.78 is 1.06. The molecule has 4 heteroatoms. The van der Waals surface area contributed by atoms with E-state index in [4.69, 9.17) is 0 Å². The van der Waals surface area contributed by atoms with Crippen LogP contribution in [0, 0.1) is 0 Å². The minimum Gasteiger partial charge on any atom is -0.338 e. The van der Waals surface area contributed by atoms with Crippen LogP contribution in [0.5, 0.6) is 0 Å². The van der Waals surface area contributed by atoms with E-state index in [0.29, 0.717) is 0 Å². The van der Waals surface area contributed by atoms with Crippen LogP contribution in [0.3, 0.4) is 0 Å². The zero-order valence-corrected chi connectivity index (χ0v) is 10.8. The molecule has 2 rings (SSSR count). The van der Waals surface area contributed by atoms with Crippen molar-refractivity contribution in [3.05, 3.63) is 34.3 Å². The molecule has 1 aliphatic rings. The highest BCUT2D eigenvalue weighted by atomic mass is 79.9. The molecule has 1 aliphatic heterocycles. The number of rotatable bonds is 2. The van der Waals surface area contributed by atoms with Crippen molar-refractivity contribution in [2.75, 3.05) is 13.1 Å². The summed E-state index contributed by atoms with van der Waals surface area (Å²) in [5.74, 6) is 0. The number of carbonyl (C=O) groups excluding carboxylic acids is 1. The molecule has 0 radical (unpaired) electrons. The smallest absolute Gasteiger partial charge is 0.317 e. The van der Waals surface area contributed by atoms with Crippen LogP contribution in [0.2, 0.25) is 0 Å². The Kier molecular flexibility index (Phi) is 3.49. The average Bonchev–Trinajstić information content (AvgIpc) is 2.30. The van der Waals surface area contributed by atoms with Crippen molar-refractivity contribution in [3.63, 3.8) is 0 Å². The summed E-state index contributed by atoms with van der Waals surface area (Å²) in [4.78, 5) is 13.6. The number of hydrogen-bond acceptors (Lipinski definition) is 1. The van der Waals surface area contributed by atoms with Gasteiger partial charge in [-0.3, -0.25) is 0 Å². The predicted octanol–water partition coefficient (Wildman–Crippen LogP) is 2.93. The van der Waals surface area contributed by atoms with Crippen molar-refractivity contribution < 1.29 is 4.79 Å². The summed E-state index contributed by atoms with van der Waals surface area (Å²) in [5.41, 5.74) is 1.17. The molecule has 0 aliphatic carbocycles. The molecule has 0 spiro atoms. The molecule has 3 nitrogen and oxygen atoms in total. The lowest BCUT2D eigenvalue weighted by atomic mass is 10.1. The standard InChI is InChI=1S/C12H15BrN2O/c1-9(10-3-5-11(13)6-4-10)15-8-2-7-14-12(15)16/h3-6,9H,2,7-8H2,1H3,(H,14,16)/t9-/m0/s1. The minimum absolute atomic E-state index is 0.0432. The van der Waals surface area contributed by atoms with E-state index >= 15 is 0 Å². The first-order chi connectivity index (χ1) is 7.68. The summed E-state index contributed by atoms with van der Waals surface area (Å²) in [7, 11) is 0. The summed E-state index contributed by atoms with van der Waals surface area (Å²) in [6, 6.07) is 8.30. The summed E-state index contributed by atoms with van der Waals surface area (Å²) in [6.07, 6.45) is 1.02. The fraction of sp³-hybridized carbons (Fsp3) is 0.417. The Morgan fingerprint density at radius 1 is 1.38 bits per heavy atom. The van der Waals surface area contributed by atoms with Crippen molar-refractivity contribution in [1.29, 1.82) is 0 Å². The molecule has 1 aromatic carbocycles. The van der Waals surface area contributed by atoms with Crippen molar-refractivity contribution in [2.24, 2.45) is 0 Å². The maximum absolute atomic E-state index is 11.7. The first-order valence-electron chi connectivity index (χ1n) is 5.48. The van der Waals surface area contributed by atoms with E-state index in [2.05, 4.69) is 40.3 Å². The van der Waals surface area contributed by atoms with Gasteiger partial charge in [-0.15, -0.1) is 0 Å². The van der Waals surface area contributed by atoms with Gasteiger partial charge in [-0.05, 0) is 31.0 Å². The molecule has 1 fully saturated rings. The van der Waals surface area contributed by atoms with Crippen LogP contribution in [0.15, 0.2) is 28.7 Å². The topological polar surface area (TPSA) is 32.3 Å². The second-order valence-electron chi connectivity index (χ2n) is 4.01. The minimum atomic E-state index is 0.0432. The molecule has 1 heterocycles. The van der Waals surface area contributed by atoms with E-state index in [0.717, 1.165) is 24.0 Å². The lowest BCUT2D eigenvalue weighted by Crippen LogP contribution is -2.47. The van der Waals surface area contributed by atoms with Gasteiger partial charge in [0.1, 0.15) is 0 Å². The molecule has 86 valence electrons. The number of amides is 2. The highest BCUT2D eigenvalue weighted by Gasteiger charge is 2.23. The van der Waals surface area contributed by atoms with Crippen molar-refractivity contribution in [1.82, 2.24) is 10.2 Å². The van der Waals surface area contributed by atoms with Crippen LogP contribution in [-0.2, 0) is 0 Å². The van der Waals surface area contributed by atoms with Gasteiger partial charge in [-0.25, -0.2) is 4.79 Å². The summed E-state index contributed by atoms with van der Waals surface area (Å²) >= 11 is 3.41. The Balaban J connectivity index is 2.14. The molecule has 0 unspecified atom stereocenters. The molecule has 1 N–H and O–H groups in total. The van der Waals surface area contributed by atoms with Crippen LogP contribution in [0.1, 0.15) is 24.9 Å². The molecule has 1 aromatic rings. The molecule has 1 saturated heterocycles. The monoisotopic (exact) mass is 282 g/mol. The van der Waals surface area contributed by atoms with E-state index in [-0.39, 0.29) is 12.1 Å². The van der Waals surface area contributed by atoms with E-state index < -0.39 is 0 Å². The molecular formula is C12H15BrN2O. The Morgan fingerprint density at radius 2 is 2.06 bits per heavy atom. The predicted molar refractivity (Wildman–Crippen MR) is 67.3 cm³/mol. The zero-order chi connectivity index (χ0) is 11.5. The highest BCUT2D eigenvalue weighted by molar-refractivity contribution is 9.10. The van der Waals surface area contributed by atoms with E-state index in [9.17, 15) is 4.79 Å². The molecule has 2 amide bonds. The van der Waals surface area contributed by atoms with Crippen LogP contribution < -0.4 is 5.32 Å². The third kappa shape index (κ3) is 2.38. The molecule has 0 aromatic heterocycles. The number of nitrogens with zero attached hydrogens (tertiary/aromatic N) is 1. The van der Waals surface area contributed by atoms with Gasteiger partial charge in [-0.2, -0.15) is 0 Å². The van der Waals surface area contributed by atoms with Gasteiger partial charge < -0.3 is 10.2 Å². The Morgan fingerprint density at radius 3 is 2.69 bits per heavy atom. The average molecular weight is 283 g/mol. The van der Waals surface area contributed by atoms with Crippen molar-refractivity contribution in [3.8, 4) is 0 Å². The molecule has 16 heavy (non-hydrogen) atoms. The van der Waals surface area contributed by atoms with Crippen molar-refractivity contribution >= 4 is 22.0 Å². The van der Waals surface area contributed by atoms with Crippen molar-refractivity contribution in [2.45, 2.75) is 19.4 Å². The van der Waals surface area contributed by atoms with E-state index in [1.54, 1.807) is 0 Å². The van der Waals surface area contributed by atoms with Crippen LogP contribution in [-0.4, -0.2) is 24.0 Å². The second-order valence-corrected chi connectivity index (χ2v) is 4.92. The molecular weight excluding hydrogens is 268 g/mol. The van der Waals surface area contributed by atoms with E-state index in [1.807, 2.05) is 17.0 Å². The lowest BCUT2D eigenvalue weighted by Gasteiger charge is -2.33. The van der Waals surface area contributed by atoms with Crippen LogP contribution >= 0.6 is 15.9 Å². The molecule has 0 bridgehead atoms. The number of carbonyl (C=O) groups is 1. The Bertz CT molecular complexity index is 377. The van der Waals surface area contributed by atoms with Gasteiger partial charge in [-0.1, -0.05) is 28.1 Å². The van der Waals surface area contributed by atoms with Gasteiger partial charge >= 0.3 is 6.03 Å². The van der Waals surface area contributed by atoms with Gasteiger partial charge in [0.2, 0.25) is 0 Å². The number of hydrogen-bond donors (Lipinski definition) is 1. The largest absolute Gasteiger partial charge is 0.338 e. The maximum atomic E-state index is 11.7. The number of benzene rings is 1. The number of nitrogens with one attached hydrogen (secondary N) is 1. The van der Waals surface area contributed by atoms with Gasteiger partial charge in [0.05, 0.1) is 6.04 Å². The summed E-state index contributed by atoms with van der Waals surface area (Å²) in [6.45, 7) is 3.69. The molecule has 0 saturated carbocycles. The van der Waals surface area contributed by atoms with Gasteiger partial charge in [0.15, 0.2) is 0 Å². The third-order valence-electron chi connectivity index (χ3n) is 2.93. The van der Waals surface area contributed by atoms with Gasteiger partial charge in [0.25, 0.3) is 0 Å². The quantitative estimate of drug-likeness (QED) is 0.889.